The highest BCUT2D eigenvalue weighted by atomic mass is 14.1. The monoisotopic (exact) mass is 159 g/mol. The van der Waals surface area contributed by atoms with Crippen molar-refractivity contribution >= 4 is 0 Å². The molecule has 0 heteroatoms. The summed E-state index contributed by atoms with van der Waals surface area (Å²) in [5.41, 5.74) is 1.24. The SMILES string of the molecule is C=CC(c1[c]cccc1)C(C)C. The normalized spacial score (nSPS) is 12.9. The van der Waals surface area contributed by atoms with Crippen LogP contribution in [0.5, 0.6) is 0 Å². The molecule has 0 fully saturated rings. The van der Waals surface area contributed by atoms with E-state index in [2.05, 4.69) is 32.6 Å². The van der Waals surface area contributed by atoms with E-state index in [1.807, 2.05) is 24.3 Å². The molecule has 0 nitrogen and oxygen atoms in total. The van der Waals surface area contributed by atoms with E-state index in [-0.39, 0.29) is 0 Å². The number of hydrogen-bond acceptors (Lipinski definition) is 0. The number of rotatable bonds is 3. The summed E-state index contributed by atoms with van der Waals surface area (Å²) in [5, 5.41) is 0. The predicted octanol–water partition coefficient (Wildman–Crippen LogP) is 3.41. The molecule has 0 saturated heterocycles. The summed E-state index contributed by atoms with van der Waals surface area (Å²) in [5.74, 6) is 1.03. The Balaban J connectivity index is 2.88. The zero-order valence-electron chi connectivity index (χ0n) is 7.75. The first-order chi connectivity index (χ1) is 5.75. The van der Waals surface area contributed by atoms with Crippen LogP contribution in [-0.2, 0) is 0 Å². The molecular weight excluding hydrogens is 144 g/mol. The van der Waals surface area contributed by atoms with Gasteiger partial charge in [0.2, 0.25) is 0 Å². The van der Waals surface area contributed by atoms with Crippen molar-refractivity contribution < 1.29 is 0 Å². The van der Waals surface area contributed by atoms with Gasteiger partial charge in [-0.2, -0.15) is 0 Å². The summed E-state index contributed by atoms with van der Waals surface area (Å²) in [6.07, 6.45) is 2.00. The van der Waals surface area contributed by atoms with Crippen molar-refractivity contribution in [2.45, 2.75) is 19.8 Å². The molecule has 0 N–H and O–H groups in total. The van der Waals surface area contributed by atoms with E-state index in [1.165, 1.54) is 5.56 Å². The zero-order chi connectivity index (χ0) is 8.97. The molecule has 0 aromatic heterocycles. The summed E-state index contributed by atoms with van der Waals surface area (Å²) in [6, 6.07) is 11.3. The van der Waals surface area contributed by atoms with Crippen molar-refractivity contribution in [2.24, 2.45) is 5.92 Å². The Morgan fingerprint density at radius 3 is 2.58 bits per heavy atom. The van der Waals surface area contributed by atoms with Crippen LogP contribution in [0.1, 0.15) is 25.3 Å². The van der Waals surface area contributed by atoms with Crippen LogP contribution < -0.4 is 0 Å². The van der Waals surface area contributed by atoms with Crippen LogP contribution in [0.4, 0.5) is 0 Å². The number of benzene rings is 1. The third kappa shape index (κ3) is 1.97. The van der Waals surface area contributed by atoms with Crippen molar-refractivity contribution in [1.82, 2.24) is 0 Å². The fourth-order valence-electron chi connectivity index (χ4n) is 1.37. The Labute approximate surface area is 74.9 Å². The van der Waals surface area contributed by atoms with Gasteiger partial charge in [0.1, 0.15) is 0 Å². The van der Waals surface area contributed by atoms with E-state index in [4.69, 9.17) is 0 Å². The molecule has 1 aromatic rings. The summed E-state index contributed by atoms with van der Waals surface area (Å²) in [4.78, 5) is 0. The largest absolute Gasteiger partial charge is 0.102 e. The molecule has 0 amide bonds. The second-order valence-electron chi connectivity index (χ2n) is 3.32. The third-order valence-electron chi connectivity index (χ3n) is 2.06. The fraction of sp³-hybridized carbons (Fsp3) is 0.333. The first kappa shape index (κ1) is 9.05. The van der Waals surface area contributed by atoms with Gasteiger partial charge in [-0.25, -0.2) is 0 Å². The standard InChI is InChI=1S/C12H15/c1-4-12(10(2)3)11-8-6-5-7-9-11/h4-8,10,12H,1H2,2-3H3. The molecule has 1 atom stereocenters. The van der Waals surface area contributed by atoms with E-state index < -0.39 is 0 Å². The van der Waals surface area contributed by atoms with Crippen molar-refractivity contribution in [3.63, 3.8) is 0 Å². The van der Waals surface area contributed by atoms with Gasteiger partial charge in [0.15, 0.2) is 0 Å². The molecule has 1 radical (unpaired) electrons. The summed E-state index contributed by atoms with van der Waals surface area (Å²) < 4.78 is 0. The van der Waals surface area contributed by atoms with Crippen LogP contribution in [0.2, 0.25) is 0 Å². The maximum absolute atomic E-state index is 3.84. The van der Waals surface area contributed by atoms with E-state index in [0.717, 1.165) is 0 Å². The smallest absolute Gasteiger partial charge is 0.00444 e. The fourth-order valence-corrected chi connectivity index (χ4v) is 1.37. The second-order valence-corrected chi connectivity index (χ2v) is 3.32. The Hall–Kier alpha value is -1.04. The van der Waals surface area contributed by atoms with E-state index in [9.17, 15) is 0 Å². The molecule has 0 aliphatic carbocycles. The van der Waals surface area contributed by atoms with Gasteiger partial charge >= 0.3 is 0 Å². The van der Waals surface area contributed by atoms with Crippen molar-refractivity contribution in [2.75, 3.05) is 0 Å². The maximum atomic E-state index is 3.84. The Bertz CT molecular complexity index is 233. The summed E-state index contributed by atoms with van der Waals surface area (Å²) in [6.45, 7) is 8.24. The van der Waals surface area contributed by atoms with Crippen LogP contribution in [0, 0.1) is 12.0 Å². The third-order valence-corrected chi connectivity index (χ3v) is 2.06. The lowest BCUT2D eigenvalue weighted by Crippen LogP contribution is -2.02. The molecule has 1 unspecified atom stereocenters. The quantitative estimate of drug-likeness (QED) is 0.593. The van der Waals surface area contributed by atoms with Gasteiger partial charge in [0.05, 0.1) is 0 Å². The van der Waals surface area contributed by atoms with Gasteiger partial charge in [0.25, 0.3) is 0 Å². The zero-order valence-corrected chi connectivity index (χ0v) is 7.75. The molecular formula is C12H15. The summed E-state index contributed by atoms with van der Waals surface area (Å²) >= 11 is 0. The van der Waals surface area contributed by atoms with Crippen LogP contribution in [0.3, 0.4) is 0 Å². The summed E-state index contributed by atoms with van der Waals surface area (Å²) in [7, 11) is 0. The van der Waals surface area contributed by atoms with E-state index in [1.54, 1.807) is 0 Å². The minimum Gasteiger partial charge on any atom is -0.102 e. The van der Waals surface area contributed by atoms with Crippen molar-refractivity contribution in [1.29, 1.82) is 0 Å². The minimum absolute atomic E-state index is 0.436. The number of allylic oxidation sites excluding steroid dienone is 1. The molecule has 0 saturated carbocycles. The molecule has 0 bridgehead atoms. The van der Waals surface area contributed by atoms with E-state index in [0.29, 0.717) is 11.8 Å². The first-order valence-electron chi connectivity index (χ1n) is 4.35. The highest BCUT2D eigenvalue weighted by molar-refractivity contribution is 5.22. The molecule has 0 heterocycles. The van der Waals surface area contributed by atoms with Gasteiger partial charge in [-0.3, -0.25) is 0 Å². The minimum atomic E-state index is 0.436. The molecule has 0 spiro atoms. The molecule has 12 heavy (non-hydrogen) atoms. The van der Waals surface area contributed by atoms with Gasteiger partial charge in [-0.15, -0.1) is 6.58 Å². The molecule has 1 rings (SSSR count). The average Bonchev–Trinajstić information content (AvgIpc) is 2.07. The predicted molar refractivity (Wildman–Crippen MR) is 53.1 cm³/mol. The van der Waals surface area contributed by atoms with Gasteiger partial charge in [-0.05, 0) is 17.5 Å². The van der Waals surface area contributed by atoms with Gasteiger partial charge < -0.3 is 0 Å². The van der Waals surface area contributed by atoms with Crippen LogP contribution >= 0.6 is 0 Å². The number of hydrogen-bond donors (Lipinski definition) is 0. The Morgan fingerprint density at radius 1 is 1.42 bits per heavy atom. The topological polar surface area (TPSA) is 0 Å². The van der Waals surface area contributed by atoms with Crippen LogP contribution in [0.25, 0.3) is 0 Å². The molecule has 63 valence electrons. The average molecular weight is 159 g/mol. The Kier molecular flexibility index (Phi) is 3.09. The first-order valence-corrected chi connectivity index (χ1v) is 4.35. The lowest BCUT2D eigenvalue weighted by atomic mass is 9.89. The highest BCUT2D eigenvalue weighted by Crippen LogP contribution is 2.24. The van der Waals surface area contributed by atoms with Gasteiger partial charge in [0, 0.05) is 5.92 Å². The van der Waals surface area contributed by atoms with Crippen molar-refractivity contribution in [3.8, 4) is 0 Å². The van der Waals surface area contributed by atoms with Crippen LogP contribution in [0.15, 0.2) is 36.9 Å². The second kappa shape index (κ2) is 4.10. The molecule has 1 aromatic carbocycles. The molecule has 0 aliphatic rings. The molecule has 0 aliphatic heterocycles. The maximum Gasteiger partial charge on any atom is 0.00444 e. The van der Waals surface area contributed by atoms with Crippen LogP contribution in [-0.4, -0.2) is 0 Å². The lowest BCUT2D eigenvalue weighted by molar-refractivity contribution is 0.578. The highest BCUT2D eigenvalue weighted by Gasteiger charge is 2.10. The van der Waals surface area contributed by atoms with Gasteiger partial charge in [-0.1, -0.05) is 44.2 Å². The Morgan fingerprint density at radius 2 is 2.17 bits per heavy atom. The lowest BCUT2D eigenvalue weighted by Gasteiger charge is -2.16. The van der Waals surface area contributed by atoms with Crippen molar-refractivity contribution in [3.05, 3.63) is 48.6 Å². The van der Waals surface area contributed by atoms with E-state index >= 15 is 0 Å².